The molecule has 6 nitrogen and oxygen atoms in total. The molecular formula is C16H22N2O4. The number of rotatable bonds is 8. The maximum absolute atomic E-state index is 12.1. The van der Waals surface area contributed by atoms with E-state index in [2.05, 4.69) is 5.32 Å². The van der Waals surface area contributed by atoms with Gasteiger partial charge in [0, 0.05) is 12.6 Å². The van der Waals surface area contributed by atoms with Crippen molar-refractivity contribution >= 4 is 18.1 Å². The van der Waals surface area contributed by atoms with Gasteiger partial charge in [-0.3, -0.25) is 14.4 Å². The predicted molar refractivity (Wildman–Crippen MR) is 82.9 cm³/mol. The zero-order chi connectivity index (χ0) is 16.5. The number of aldehydes is 1. The van der Waals surface area contributed by atoms with E-state index in [-0.39, 0.29) is 31.0 Å². The Bertz CT molecular complexity index is 529. The van der Waals surface area contributed by atoms with Gasteiger partial charge in [0.2, 0.25) is 5.91 Å². The third-order valence-corrected chi connectivity index (χ3v) is 2.92. The molecule has 120 valence electrons. The Morgan fingerprint density at radius 1 is 1.32 bits per heavy atom. The summed E-state index contributed by atoms with van der Waals surface area (Å²) in [7, 11) is 0. The molecule has 0 saturated heterocycles. The van der Waals surface area contributed by atoms with Gasteiger partial charge in [-0.05, 0) is 32.9 Å². The molecule has 0 aliphatic carbocycles. The molecule has 0 radical (unpaired) electrons. The molecule has 1 N–H and O–H groups in total. The molecule has 0 aromatic heterocycles. The second-order valence-electron chi connectivity index (χ2n) is 5.07. The summed E-state index contributed by atoms with van der Waals surface area (Å²) < 4.78 is 5.38. The summed E-state index contributed by atoms with van der Waals surface area (Å²) in [5, 5.41) is 2.73. The number of ether oxygens (including phenoxy) is 1. The van der Waals surface area contributed by atoms with Gasteiger partial charge in [-0.1, -0.05) is 12.1 Å². The SMILES string of the molecule is CCN(CC(=O)NC(C)C)C(=O)COc1ccccc1C=O. The fourth-order valence-corrected chi connectivity index (χ4v) is 1.86. The highest BCUT2D eigenvalue weighted by molar-refractivity contribution is 5.86. The molecule has 6 heteroatoms. The first-order chi connectivity index (χ1) is 10.5. The Morgan fingerprint density at radius 3 is 2.59 bits per heavy atom. The molecule has 0 heterocycles. The third-order valence-electron chi connectivity index (χ3n) is 2.92. The Morgan fingerprint density at radius 2 is 2.00 bits per heavy atom. The number of hydrogen-bond acceptors (Lipinski definition) is 4. The molecule has 0 bridgehead atoms. The summed E-state index contributed by atoms with van der Waals surface area (Å²) in [5.41, 5.74) is 0.385. The minimum Gasteiger partial charge on any atom is -0.483 e. The average molecular weight is 306 g/mol. The van der Waals surface area contributed by atoms with E-state index in [9.17, 15) is 14.4 Å². The highest BCUT2D eigenvalue weighted by atomic mass is 16.5. The van der Waals surface area contributed by atoms with Crippen LogP contribution in [0.25, 0.3) is 0 Å². The molecule has 0 spiro atoms. The number of benzene rings is 1. The van der Waals surface area contributed by atoms with Crippen LogP contribution < -0.4 is 10.1 Å². The largest absolute Gasteiger partial charge is 0.483 e. The van der Waals surface area contributed by atoms with Crippen molar-refractivity contribution in [2.45, 2.75) is 26.8 Å². The number of carbonyl (C=O) groups excluding carboxylic acids is 3. The van der Waals surface area contributed by atoms with Crippen molar-refractivity contribution in [2.75, 3.05) is 19.7 Å². The molecule has 22 heavy (non-hydrogen) atoms. The minimum absolute atomic E-state index is 0.00774. The first kappa shape index (κ1) is 17.7. The lowest BCUT2D eigenvalue weighted by Crippen LogP contribution is -2.44. The van der Waals surface area contributed by atoms with E-state index in [1.165, 1.54) is 4.90 Å². The van der Waals surface area contributed by atoms with Gasteiger partial charge < -0.3 is 15.0 Å². The summed E-state index contributed by atoms with van der Waals surface area (Å²) in [6.45, 7) is 5.69. The van der Waals surface area contributed by atoms with Crippen molar-refractivity contribution in [1.29, 1.82) is 0 Å². The van der Waals surface area contributed by atoms with Gasteiger partial charge in [0.25, 0.3) is 5.91 Å². The summed E-state index contributed by atoms with van der Waals surface area (Å²) in [6, 6.07) is 6.70. The van der Waals surface area contributed by atoms with Gasteiger partial charge in [0.15, 0.2) is 12.9 Å². The van der Waals surface area contributed by atoms with E-state index >= 15 is 0 Å². The predicted octanol–water partition coefficient (Wildman–Crippen LogP) is 1.25. The molecule has 2 amide bonds. The monoisotopic (exact) mass is 306 g/mol. The quantitative estimate of drug-likeness (QED) is 0.733. The molecule has 0 unspecified atom stereocenters. The summed E-state index contributed by atoms with van der Waals surface area (Å²) in [6.07, 6.45) is 0.674. The number of carbonyl (C=O) groups is 3. The van der Waals surface area contributed by atoms with Gasteiger partial charge in [0.1, 0.15) is 5.75 Å². The lowest BCUT2D eigenvalue weighted by molar-refractivity contribution is -0.137. The number of likely N-dealkylation sites (N-methyl/N-ethyl adjacent to an activating group) is 1. The van der Waals surface area contributed by atoms with Crippen LogP contribution >= 0.6 is 0 Å². The van der Waals surface area contributed by atoms with Gasteiger partial charge in [0.05, 0.1) is 12.1 Å². The number of amides is 2. The van der Waals surface area contributed by atoms with Crippen molar-refractivity contribution in [3.05, 3.63) is 29.8 Å². The van der Waals surface area contributed by atoms with Crippen LogP contribution in [-0.2, 0) is 9.59 Å². The summed E-state index contributed by atoms with van der Waals surface area (Å²) >= 11 is 0. The van der Waals surface area contributed by atoms with Crippen molar-refractivity contribution in [1.82, 2.24) is 10.2 Å². The van der Waals surface area contributed by atoms with Crippen LogP contribution in [0.4, 0.5) is 0 Å². The fourth-order valence-electron chi connectivity index (χ4n) is 1.86. The molecule has 1 aromatic carbocycles. The van der Waals surface area contributed by atoms with Crippen LogP contribution in [-0.4, -0.2) is 48.7 Å². The van der Waals surface area contributed by atoms with E-state index < -0.39 is 0 Å². The van der Waals surface area contributed by atoms with E-state index in [1.54, 1.807) is 31.2 Å². The highest BCUT2D eigenvalue weighted by Gasteiger charge is 2.17. The van der Waals surface area contributed by atoms with E-state index in [0.717, 1.165) is 0 Å². The zero-order valence-corrected chi connectivity index (χ0v) is 13.2. The first-order valence-electron chi connectivity index (χ1n) is 7.22. The van der Waals surface area contributed by atoms with E-state index in [1.807, 2.05) is 13.8 Å². The number of nitrogens with zero attached hydrogens (tertiary/aromatic N) is 1. The van der Waals surface area contributed by atoms with Gasteiger partial charge in [-0.2, -0.15) is 0 Å². The molecule has 0 aliphatic rings. The Hall–Kier alpha value is -2.37. The van der Waals surface area contributed by atoms with Crippen LogP contribution in [0.15, 0.2) is 24.3 Å². The van der Waals surface area contributed by atoms with E-state index in [0.29, 0.717) is 24.1 Å². The van der Waals surface area contributed by atoms with Crippen LogP contribution in [0.1, 0.15) is 31.1 Å². The standard InChI is InChI=1S/C16H22N2O4/c1-4-18(9-15(20)17-12(2)3)16(21)11-22-14-8-6-5-7-13(14)10-19/h5-8,10,12H,4,9,11H2,1-3H3,(H,17,20). The second-order valence-corrected chi connectivity index (χ2v) is 5.07. The molecule has 1 aromatic rings. The number of para-hydroxylation sites is 1. The summed E-state index contributed by atoms with van der Waals surface area (Å²) in [5.74, 6) is -0.158. The van der Waals surface area contributed by atoms with Crippen LogP contribution in [0.2, 0.25) is 0 Å². The second kappa shape index (κ2) is 8.81. The van der Waals surface area contributed by atoms with E-state index in [4.69, 9.17) is 4.74 Å². The van der Waals surface area contributed by atoms with Crippen molar-refractivity contribution < 1.29 is 19.1 Å². The molecule has 0 aliphatic heterocycles. The topological polar surface area (TPSA) is 75.7 Å². The van der Waals surface area contributed by atoms with Crippen LogP contribution in [0.5, 0.6) is 5.75 Å². The normalized spacial score (nSPS) is 10.2. The van der Waals surface area contributed by atoms with Gasteiger partial charge in [-0.25, -0.2) is 0 Å². The van der Waals surface area contributed by atoms with Crippen molar-refractivity contribution in [3.63, 3.8) is 0 Å². The average Bonchev–Trinajstić information content (AvgIpc) is 2.49. The Kier molecular flexibility index (Phi) is 7.08. The van der Waals surface area contributed by atoms with Crippen molar-refractivity contribution in [2.24, 2.45) is 0 Å². The van der Waals surface area contributed by atoms with Gasteiger partial charge >= 0.3 is 0 Å². The first-order valence-corrected chi connectivity index (χ1v) is 7.22. The third kappa shape index (κ3) is 5.55. The molecule has 0 saturated carbocycles. The van der Waals surface area contributed by atoms with Crippen LogP contribution in [0.3, 0.4) is 0 Å². The number of nitrogens with one attached hydrogen (secondary N) is 1. The minimum atomic E-state index is -0.304. The number of hydrogen-bond donors (Lipinski definition) is 1. The highest BCUT2D eigenvalue weighted by Crippen LogP contribution is 2.15. The van der Waals surface area contributed by atoms with Gasteiger partial charge in [-0.15, -0.1) is 0 Å². The molecular weight excluding hydrogens is 284 g/mol. The Balaban J connectivity index is 2.58. The smallest absolute Gasteiger partial charge is 0.260 e. The van der Waals surface area contributed by atoms with Crippen LogP contribution in [0, 0.1) is 0 Å². The van der Waals surface area contributed by atoms with Crippen molar-refractivity contribution in [3.8, 4) is 5.75 Å². The molecule has 1 rings (SSSR count). The summed E-state index contributed by atoms with van der Waals surface area (Å²) in [4.78, 5) is 36.1. The maximum Gasteiger partial charge on any atom is 0.260 e. The maximum atomic E-state index is 12.1. The molecule has 0 fully saturated rings. The lowest BCUT2D eigenvalue weighted by Gasteiger charge is -2.21. The lowest BCUT2D eigenvalue weighted by atomic mass is 10.2. The Labute approximate surface area is 130 Å². The molecule has 0 atom stereocenters. The zero-order valence-electron chi connectivity index (χ0n) is 13.2. The fraction of sp³-hybridized carbons (Fsp3) is 0.438.